The van der Waals surface area contributed by atoms with Crippen LogP contribution in [0.1, 0.15) is 31.2 Å². The van der Waals surface area contributed by atoms with E-state index in [1.165, 1.54) is 31.2 Å². The van der Waals surface area contributed by atoms with E-state index in [1.54, 1.807) is 0 Å². The largest absolute Gasteiger partial charge is 0.326 e. The van der Waals surface area contributed by atoms with Gasteiger partial charge in [0.2, 0.25) is 5.91 Å². The third kappa shape index (κ3) is 2.79. The number of aryl methyl sites for hydroxylation is 1. The lowest BCUT2D eigenvalue weighted by atomic mass is 10.0. The molecule has 1 amide bonds. The van der Waals surface area contributed by atoms with Crippen LogP contribution < -0.4 is 5.32 Å². The summed E-state index contributed by atoms with van der Waals surface area (Å²) < 4.78 is 0. The first-order chi connectivity index (χ1) is 9.29. The monoisotopic (exact) mass is 277 g/mol. The first kappa shape index (κ1) is 13.0. The quantitative estimate of drug-likeness (QED) is 0.833. The number of fused-ring (bicyclic) bond motifs is 1. The first-order valence-corrected chi connectivity index (χ1v) is 7.79. The lowest BCUT2D eigenvalue weighted by molar-refractivity contribution is -0.117. The maximum absolute atomic E-state index is 12.2. The van der Waals surface area contributed by atoms with Gasteiger partial charge in [-0.25, -0.2) is 0 Å². The van der Waals surface area contributed by atoms with Gasteiger partial charge in [0, 0.05) is 17.5 Å². The van der Waals surface area contributed by atoms with E-state index >= 15 is 0 Å². The number of hydrogen-bond acceptors (Lipinski definition) is 1. The standard InChI is InChI=1S/C16H20ClNO/c17-10-9-11-5-7-12(8-6-11)18-16(19)15-13-3-1-2-4-14(13)15/h5-8,13-15H,1-4,9-10H2,(H,18,19). The average Bonchev–Trinajstić information content (AvgIpc) is 3.15. The number of halogens is 1. The molecule has 0 heterocycles. The lowest BCUT2D eigenvalue weighted by Crippen LogP contribution is -2.15. The molecule has 0 radical (unpaired) electrons. The summed E-state index contributed by atoms with van der Waals surface area (Å²) in [6, 6.07) is 8.04. The van der Waals surface area contributed by atoms with Crippen LogP contribution in [-0.4, -0.2) is 11.8 Å². The number of hydrogen-bond donors (Lipinski definition) is 1. The molecule has 0 bridgehead atoms. The maximum Gasteiger partial charge on any atom is 0.228 e. The van der Waals surface area contributed by atoms with E-state index in [9.17, 15) is 4.79 Å². The molecule has 0 aliphatic heterocycles. The molecule has 102 valence electrons. The molecule has 2 aliphatic carbocycles. The fourth-order valence-corrected chi connectivity index (χ4v) is 3.69. The Labute approximate surface area is 119 Å². The molecule has 3 heteroatoms. The molecule has 0 spiro atoms. The minimum absolute atomic E-state index is 0.224. The van der Waals surface area contributed by atoms with Crippen molar-refractivity contribution in [3.8, 4) is 0 Å². The Kier molecular flexibility index (Phi) is 3.79. The highest BCUT2D eigenvalue weighted by Crippen LogP contribution is 2.55. The van der Waals surface area contributed by atoms with Crippen molar-refractivity contribution in [2.24, 2.45) is 17.8 Å². The van der Waals surface area contributed by atoms with Crippen molar-refractivity contribution in [1.29, 1.82) is 0 Å². The van der Waals surface area contributed by atoms with Gasteiger partial charge in [0.25, 0.3) is 0 Å². The number of carbonyl (C=O) groups excluding carboxylic acids is 1. The molecular weight excluding hydrogens is 258 g/mol. The van der Waals surface area contributed by atoms with Crippen LogP contribution in [0.2, 0.25) is 0 Å². The van der Waals surface area contributed by atoms with Crippen LogP contribution in [0, 0.1) is 17.8 Å². The van der Waals surface area contributed by atoms with Crippen LogP contribution >= 0.6 is 11.6 Å². The fourth-order valence-electron chi connectivity index (χ4n) is 3.47. The van der Waals surface area contributed by atoms with Crippen LogP contribution in [0.4, 0.5) is 5.69 Å². The van der Waals surface area contributed by atoms with Gasteiger partial charge in [0.1, 0.15) is 0 Å². The van der Waals surface area contributed by atoms with E-state index in [1.807, 2.05) is 24.3 Å². The summed E-state index contributed by atoms with van der Waals surface area (Å²) >= 11 is 5.71. The number of benzene rings is 1. The predicted octanol–water partition coefficient (Wildman–Crippen LogP) is 3.84. The smallest absolute Gasteiger partial charge is 0.228 e. The molecule has 1 aromatic carbocycles. The summed E-state index contributed by atoms with van der Waals surface area (Å²) in [6.45, 7) is 0. The van der Waals surface area contributed by atoms with Crippen molar-refractivity contribution in [3.63, 3.8) is 0 Å². The van der Waals surface area contributed by atoms with Crippen molar-refractivity contribution in [1.82, 2.24) is 0 Å². The zero-order chi connectivity index (χ0) is 13.2. The molecule has 0 aromatic heterocycles. The van der Waals surface area contributed by atoms with Crippen LogP contribution in [0.5, 0.6) is 0 Å². The summed E-state index contributed by atoms with van der Waals surface area (Å²) in [6.07, 6.45) is 5.98. The number of anilines is 1. The van der Waals surface area contributed by atoms with Gasteiger partial charge in [0.05, 0.1) is 0 Å². The minimum atomic E-state index is 0.224. The molecule has 2 fully saturated rings. The number of carbonyl (C=O) groups is 1. The third-order valence-electron chi connectivity index (χ3n) is 4.56. The average molecular weight is 278 g/mol. The van der Waals surface area contributed by atoms with Crippen LogP contribution in [0.25, 0.3) is 0 Å². The van der Waals surface area contributed by atoms with Gasteiger partial charge < -0.3 is 5.32 Å². The number of nitrogens with one attached hydrogen (secondary N) is 1. The summed E-state index contributed by atoms with van der Waals surface area (Å²) in [7, 11) is 0. The highest BCUT2D eigenvalue weighted by molar-refractivity contribution is 6.18. The van der Waals surface area contributed by atoms with Gasteiger partial charge in [-0.1, -0.05) is 25.0 Å². The molecular formula is C16H20ClNO. The Hall–Kier alpha value is -1.02. The van der Waals surface area contributed by atoms with E-state index < -0.39 is 0 Å². The first-order valence-electron chi connectivity index (χ1n) is 7.25. The second-order valence-electron chi connectivity index (χ2n) is 5.76. The molecule has 1 aromatic rings. The van der Waals surface area contributed by atoms with Gasteiger partial charge in [-0.3, -0.25) is 4.79 Å². The van der Waals surface area contributed by atoms with E-state index in [4.69, 9.17) is 11.6 Å². The van der Waals surface area contributed by atoms with Crippen molar-refractivity contribution in [3.05, 3.63) is 29.8 Å². The Bertz CT molecular complexity index is 444. The van der Waals surface area contributed by atoms with Gasteiger partial charge in [-0.2, -0.15) is 0 Å². The molecule has 1 N–H and O–H groups in total. The SMILES string of the molecule is O=C(Nc1ccc(CCCl)cc1)C1C2CCCCC21. The summed E-state index contributed by atoms with van der Waals surface area (Å²) in [4.78, 5) is 12.2. The fraction of sp³-hybridized carbons (Fsp3) is 0.562. The summed E-state index contributed by atoms with van der Waals surface area (Å²) in [5.74, 6) is 2.48. The number of alkyl halides is 1. The second-order valence-corrected chi connectivity index (χ2v) is 6.14. The lowest BCUT2D eigenvalue weighted by Gasteiger charge is -2.06. The molecule has 2 atom stereocenters. The van der Waals surface area contributed by atoms with E-state index in [0.29, 0.717) is 17.7 Å². The highest BCUT2D eigenvalue weighted by Gasteiger charge is 2.54. The van der Waals surface area contributed by atoms with Gasteiger partial charge in [-0.05, 0) is 48.8 Å². The topological polar surface area (TPSA) is 29.1 Å². The Morgan fingerprint density at radius 2 is 1.79 bits per heavy atom. The highest BCUT2D eigenvalue weighted by atomic mass is 35.5. The summed E-state index contributed by atoms with van der Waals surface area (Å²) in [5, 5.41) is 3.06. The summed E-state index contributed by atoms with van der Waals surface area (Å²) in [5.41, 5.74) is 2.13. The van der Waals surface area contributed by atoms with Gasteiger partial charge in [0.15, 0.2) is 0 Å². The van der Waals surface area contributed by atoms with Gasteiger partial charge in [-0.15, -0.1) is 11.6 Å². The number of rotatable bonds is 4. The molecule has 0 saturated heterocycles. The Morgan fingerprint density at radius 1 is 1.16 bits per heavy atom. The zero-order valence-corrected chi connectivity index (χ0v) is 11.8. The minimum Gasteiger partial charge on any atom is -0.326 e. The predicted molar refractivity (Wildman–Crippen MR) is 78.4 cm³/mol. The third-order valence-corrected chi connectivity index (χ3v) is 4.75. The normalized spacial score (nSPS) is 28.6. The molecule has 3 rings (SSSR count). The molecule has 2 unspecified atom stereocenters. The van der Waals surface area contributed by atoms with Crippen LogP contribution in [-0.2, 0) is 11.2 Å². The Balaban J connectivity index is 1.57. The Morgan fingerprint density at radius 3 is 2.37 bits per heavy atom. The van der Waals surface area contributed by atoms with E-state index in [0.717, 1.165) is 12.1 Å². The maximum atomic E-state index is 12.2. The zero-order valence-electron chi connectivity index (χ0n) is 11.1. The molecule has 2 aliphatic rings. The van der Waals surface area contributed by atoms with Crippen LogP contribution in [0.15, 0.2) is 24.3 Å². The number of amides is 1. The molecule has 2 nitrogen and oxygen atoms in total. The molecule has 2 saturated carbocycles. The van der Waals surface area contributed by atoms with Crippen molar-refractivity contribution < 1.29 is 4.79 Å². The van der Waals surface area contributed by atoms with Crippen LogP contribution in [0.3, 0.4) is 0 Å². The molecule has 19 heavy (non-hydrogen) atoms. The van der Waals surface area contributed by atoms with E-state index in [-0.39, 0.29) is 11.8 Å². The van der Waals surface area contributed by atoms with Crippen molar-refractivity contribution in [2.75, 3.05) is 11.2 Å². The van der Waals surface area contributed by atoms with Crippen molar-refractivity contribution in [2.45, 2.75) is 32.1 Å². The second kappa shape index (κ2) is 5.54. The van der Waals surface area contributed by atoms with E-state index in [2.05, 4.69) is 5.32 Å². The van der Waals surface area contributed by atoms with Gasteiger partial charge >= 0.3 is 0 Å². The van der Waals surface area contributed by atoms with Crippen molar-refractivity contribution >= 4 is 23.2 Å².